The van der Waals surface area contributed by atoms with E-state index < -0.39 is 8.69 Å². The van der Waals surface area contributed by atoms with Gasteiger partial charge in [-0.25, -0.2) is 0 Å². The number of thioether (sulfide) groups is 1. The molecule has 0 aliphatic heterocycles. The lowest BCUT2D eigenvalue weighted by molar-refractivity contribution is 0.156. The summed E-state index contributed by atoms with van der Waals surface area (Å²) in [5.74, 6) is 0. The number of rotatable bonds is 12. The highest BCUT2D eigenvalue weighted by molar-refractivity contribution is 8.00. The summed E-state index contributed by atoms with van der Waals surface area (Å²) in [5, 5.41) is 0. The van der Waals surface area contributed by atoms with E-state index in [1.807, 2.05) is 18.2 Å². The largest absolute Gasteiger partial charge is 0.495 e. The molecule has 0 aliphatic rings. The Morgan fingerprint density at radius 2 is 1.57 bits per heavy atom. The van der Waals surface area contributed by atoms with Crippen molar-refractivity contribution in [2.45, 2.75) is 75.0 Å². The molecule has 1 aromatic rings. The Labute approximate surface area is 135 Å². The monoisotopic (exact) mass is 327 g/mol. The molecule has 0 heterocycles. The topological polar surface area (TPSA) is 26.3 Å². The van der Waals surface area contributed by atoms with Crippen LogP contribution in [0, 0.1) is 0 Å². The third kappa shape index (κ3) is 7.44. The minimum absolute atomic E-state index is 0.327. The van der Waals surface area contributed by atoms with Crippen LogP contribution in [0.5, 0.6) is 0 Å². The summed E-state index contributed by atoms with van der Waals surface area (Å²) in [5.41, 5.74) is 0. The third-order valence-electron chi connectivity index (χ3n) is 3.60. The molecule has 0 bridgehead atoms. The van der Waals surface area contributed by atoms with Crippen LogP contribution >= 0.6 is 20.4 Å². The molecule has 0 fully saturated rings. The molecule has 0 saturated heterocycles. The zero-order valence-corrected chi connectivity index (χ0v) is 15.1. The first-order valence-corrected chi connectivity index (χ1v) is 9.69. The maximum Gasteiger partial charge on any atom is 0.495 e. The van der Waals surface area contributed by atoms with Gasteiger partial charge in [0.2, 0.25) is 0 Å². The lowest BCUT2D eigenvalue weighted by Crippen LogP contribution is -2.25. The van der Waals surface area contributed by atoms with Crippen LogP contribution in [0.25, 0.3) is 0 Å². The first kappa shape index (κ1) is 18.7. The smallest absolute Gasteiger partial charge is 0.130 e. The van der Waals surface area contributed by atoms with Crippen molar-refractivity contribution in [1.29, 1.82) is 0 Å². The van der Waals surface area contributed by atoms with Crippen molar-refractivity contribution in [1.82, 2.24) is 0 Å². The lowest BCUT2D eigenvalue weighted by Gasteiger charge is -2.27. The summed E-state index contributed by atoms with van der Waals surface area (Å²) < 4.78 is 17.0. The van der Waals surface area contributed by atoms with Crippen LogP contribution in [0.1, 0.15) is 65.2 Å². The predicted octanol–water partition coefficient (Wildman–Crippen LogP) is 6.59. The molecule has 0 amide bonds. The zero-order chi connectivity index (χ0) is 15.4. The molecule has 4 heteroatoms. The van der Waals surface area contributed by atoms with E-state index in [0.717, 1.165) is 25.7 Å². The minimum atomic E-state index is -0.686. The van der Waals surface area contributed by atoms with Crippen molar-refractivity contribution in [2.24, 2.45) is 0 Å². The zero-order valence-electron chi connectivity index (χ0n) is 13.3. The molecule has 0 radical (unpaired) electrons. The standard InChI is InChI=1S/C17H28O2PS/c1-3-5-10-14-17(19-20-18,15-11-6-4-2)21-16-12-8-7-9-13-16/h7-9,12-13,20H,3-6,10-11,14-15H2,1-2H3/q+1. The minimum Gasteiger partial charge on any atom is -0.130 e. The van der Waals surface area contributed by atoms with Crippen LogP contribution < -0.4 is 0 Å². The molecule has 2 nitrogen and oxygen atoms in total. The van der Waals surface area contributed by atoms with Crippen molar-refractivity contribution in [3.8, 4) is 0 Å². The molecule has 1 aromatic carbocycles. The molecule has 1 atom stereocenters. The molecule has 21 heavy (non-hydrogen) atoms. The summed E-state index contributed by atoms with van der Waals surface area (Å²) in [7, 11) is -0.686. The van der Waals surface area contributed by atoms with E-state index in [-0.39, 0.29) is 4.93 Å². The number of hydrogen-bond acceptors (Lipinski definition) is 3. The highest BCUT2D eigenvalue weighted by atomic mass is 32.2. The van der Waals surface area contributed by atoms with Crippen molar-refractivity contribution in [3.05, 3.63) is 30.3 Å². The SMILES string of the molecule is CCCCCC(CCCCC)(O[PH+]=O)Sc1ccccc1. The molecule has 0 aliphatic carbocycles. The Balaban J connectivity index is 2.78. The van der Waals surface area contributed by atoms with Crippen LogP contribution in [-0.2, 0) is 9.09 Å². The van der Waals surface area contributed by atoms with Gasteiger partial charge in [-0.2, -0.15) is 0 Å². The second-order valence-electron chi connectivity index (χ2n) is 5.43. The molecule has 1 rings (SSSR count). The summed E-state index contributed by atoms with van der Waals surface area (Å²) in [6.45, 7) is 4.42. The first-order chi connectivity index (χ1) is 10.3. The average molecular weight is 327 g/mol. The lowest BCUT2D eigenvalue weighted by atomic mass is 10.0. The molecule has 1 unspecified atom stereocenters. The van der Waals surface area contributed by atoms with Crippen LogP contribution in [0.4, 0.5) is 0 Å². The van der Waals surface area contributed by atoms with Crippen molar-refractivity contribution in [3.63, 3.8) is 0 Å². The molecular weight excluding hydrogens is 299 g/mol. The molecule has 0 N–H and O–H groups in total. The highest BCUT2D eigenvalue weighted by Crippen LogP contribution is 2.44. The molecule has 0 aromatic heterocycles. The average Bonchev–Trinajstić information content (AvgIpc) is 2.49. The Bertz CT molecular complexity index is 374. The van der Waals surface area contributed by atoms with Gasteiger partial charge in [0.25, 0.3) is 0 Å². The summed E-state index contributed by atoms with van der Waals surface area (Å²) in [4.78, 5) is 0.870. The van der Waals surface area contributed by atoms with Gasteiger partial charge < -0.3 is 0 Å². The third-order valence-corrected chi connectivity index (χ3v) is 5.59. The first-order valence-electron chi connectivity index (χ1n) is 8.05. The van der Waals surface area contributed by atoms with E-state index in [1.54, 1.807) is 11.8 Å². The molecular formula is C17H28O2PS+. The van der Waals surface area contributed by atoms with E-state index in [0.29, 0.717) is 0 Å². The van der Waals surface area contributed by atoms with E-state index in [2.05, 4.69) is 26.0 Å². The summed E-state index contributed by atoms with van der Waals surface area (Å²) in [6.07, 6.45) is 9.01. The Morgan fingerprint density at radius 3 is 2.05 bits per heavy atom. The number of hydrogen-bond donors (Lipinski definition) is 0. The van der Waals surface area contributed by atoms with Crippen LogP contribution in [0.2, 0.25) is 0 Å². The molecule has 0 spiro atoms. The van der Waals surface area contributed by atoms with Crippen molar-refractivity contribution < 1.29 is 9.09 Å². The van der Waals surface area contributed by atoms with E-state index in [4.69, 9.17) is 4.52 Å². The van der Waals surface area contributed by atoms with Crippen LogP contribution in [0.15, 0.2) is 35.2 Å². The van der Waals surface area contributed by atoms with Gasteiger partial charge in [-0.3, -0.25) is 0 Å². The van der Waals surface area contributed by atoms with Gasteiger partial charge in [0.1, 0.15) is 0 Å². The molecule has 118 valence electrons. The normalized spacial score (nSPS) is 11.9. The predicted molar refractivity (Wildman–Crippen MR) is 93.4 cm³/mol. The van der Waals surface area contributed by atoms with Crippen LogP contribution in [0.3, 0.4) is 0 Å². The van der Waals surface area contributed by atoms with Crippen molar-refractivity contribution in [2.75, 3.05) is 0 Å². The summed E-state index contributed by atoms with van der Waals surface area (Å²) in [6, 6.07) is 10.3. The second-order valence-corrected chi connectivity index (χ2v) is 7.22. The Morgan fingerprint density at radius 1 is 1.00 bits per heavy atom. The van der Waals surface area contributed by atoms with E-state index in [9.17, 15) is 4.57 Å². The van der Waals surface area contributed by atoms with E-state index in [1.165, 1.54) is 30.6 Å². The maximum absolute atomic E-state index is 11.2. The van der Waals surface area contributed by atoms with Crippen LogP contribution in [-0.4, -0.2) is 4.93 Å². The fourth-order valence-electron chi connectivity index (χ4n) is 2.42. The van der Waals surface area contributed by atoms with Crippen molar-refractivity contribution >= 4 is 20.4 Å². The van der Waals surface area contributed by atoms with Gasteiger partial charge in [-0.15, -0.1) is 4.52 Å². The number of unbranched alkanes of at least 4 members (excludes halogenated alkanes) is 4. The van der Waals surface area contributed by atoms with Gasteiger partial charge >= 0.3 is 8.69 Å². The quantitative estimate of drug-likeness (QED) is 0.187. The maximum atomic E-state index is 11.2. The summed E-state index contributed by atoms with van der Waals surface area (Å²) >= 11 is 1.75. The molecule has 0 saturated carbocycles. The Kier molecular flexibility index (Phi) is 9.99. The van der Waals surface area contributed by atoms with Gasteiger partial charge in [-0.1, -0.05) is 69.5 Å². The fourth-order valence-corrected chi connectivity index (χ4v) is 4.26. The van der Waals surface area contributed by atoms with Gasteiger partial charge in [0.15, 0.2) is 4.93 Å². The fraction of sp³-hybridized carbons (Fsp3) is 0.647. The Hall–Kier alpha value is -0.370. The van der Waals surface area contributed by atoms with E-state index >= 15 is 0 Å². The van der Waals surface area contributed by atoms with Gasteiger partial charge in [0, 0.05) is 4.90 Å². The highest BCUT2D eigenvalue weighted by Gasteiger charge is 2.36. The van der Waals surface area contributed by atoms with Gasteiger partial charge in [0.05, 0.1) is 0 Å². The number of benzene rings is 1. The second kappa shape index (κ2) is 11.2. The van der Waals surface area contributed by atoms with Gasteiger partial charge in [-0.05, 0) is 42.4 Å².